The standard InChI is InChI=1S/C14H18F2N2O2/c1-17(2)13(20)9-18(3)12(19)8-10-5-4-6-11(7-10)14(15)16/h4-7,14H,8-9H2,1-3H3. The van der Waals surface area contributed by atoms with E-state index >= 15 is 0 Å². The lowest BCUT2D eigenvalue weighted by Crippen LogP contribution is -2.38. The largest absolute Gasteiger partial charge is 0.347 e. The topological polar surface area (TPSA) is 40.6 Å². The van der Waals surface area contributed by atoms with Gasteiger partial charge in [-0.2, -0.15) is 0 Å². The molecule has 110 valence electrons. The highest BCUT2D eigenvalue weighted by Gasteiger charge is 2.15. The number of benzene rings is 1. The molecule has 20 heavy (non-hydrogen) atoms. The number of carbonyl (C=O) groups is 2. The van der Waals surface area contributed by atoms with Gasteiger partial charge in [0.25, 0.3) is 6.43 Å². The van der Waals surface area contributed by atoms with Crippen molar-refractivity contribution in [2.75, 3.05) is 27.7 Å². The Morgan fingerprint density at radius 2 is 1.80 bits per heavy atom. The average Bonchev–Trinajstić information content (AvgIpc) is 2.38. The smallest absolute Gasteiger partial charge is 0.263 e. The van der Waals surface area contributed by atoms with Gasteiger partial charge in [-0.3, -0.25) is 9.59 Å². The van der Waals surface area contributed by atoms with Gasteiger partial charge in [-0.1, -0.05) is 18.2 Å². The molecule has 1 aromatic carbocycles. The van der Waals surface area contributed by atoms with Gasteiger partial charge in [-0.05, 0) is 11.6 Å². The van der Waals surface area contributed by atoms with E-state index in [0.29, 0.717) is 5.56 Å². The number of amides is 2. The molecular formula is C14H18F2N2O2. The summed E-state index contributed by atoms with van der Waals surface area (Å²) in [6.07, 6.45) is -2.56. The molecule has 0 saturated heterocycles. The maximum absolute atomic E-state index is 12.6. The fourth-order valence-electron chi connectivity index (χ4n) is 1.58. The van der Waals surface area contributed by atoms with E-state index in [-0.39, 0.29) is 30.3 Å². The molecule has 0 aliphatic rings. The molecule has 6 heteroatoms. The quantitative estimate of drug-likeness (QED) is 0.826. The van der Waals surface area contributed by atoms with E-state index in [1.54, 1.807) is 20.2 Å². The number of rotatable bonds is 5. The molecule has 0 aliphatic heterocycles. The molecule has 0 atom stereocenters. The van der Waals surface area contributed by atoms with E-state index in [9.17, 15) is 18.4 Å². The predicted molar refractivity (Wildman–Crippen MR) is 71.4 cm³/mol. The summed E-state index contributed by atoms with van der Waals surface area (Å²) in [6.45, 7) is -0.0274. The van der Waals surface area contributed by atoms with E-state index in [4.69, 9.17) is 0 Å². The van der Waals surface area contributed by atoms with Gasteiger partial charge in [0.05, 0.1) is 13.0 Å². The highest BCUT2D eigenvalue weighted by atomic mass is 19.3. The van der Waals surface area contributed by atoms with Crippen molar-refractivity contribution in [3.05, 3.63) is 35.4 Å². The Bertz CT molecular complexity index is 490. The molecule has 0 bridgehead atoms. The molecule has 0 saturated carbocycles. The molecule has 2 amide bonds. The monoisotopic (exact) mass is 284 g/mol. The van der Waals surface area contributed by atoms with Crippen molar-refractivity contribution in [1.29, 1.82) is 0 Å². The molecule has 0 radical (unpaired) electrons. The Morgan fingerprint density at radius 3 is 2.35 bits per heavy atom. The first-order chi connectivity index (χ1) is 9.31. The summed E-state index contributed by atoms with van der Waals surface area (Å²) in [6, 6.07) is 5.74. The van der Waals surface area contributed by atoms with Crippen molar-refractivity contribution in [3.8, 4) is 0 Å². The number of halogens is 2. The van der Waals surface area contributed by atoms with Crippen molar-refractivity contribution in [2.45, 2.75) is 12.8 Å². The van der Waals surface area contributed by atoms with Crippen molar-refractivity contribution >= 4 is 11.8 Å². The minimum Gasteiger partial charge on any atom is -0.347 e. The fourth-order valence-corrected chi connectivity index (χ4v) is 1.58. The van der Waals surface area contributed by atoms with Crippen LogP contribution in [-0.2, 0) is 16.0 Å². The number of hydrogen-bond acceptors (Lipinski definition) is 2. The molecular weight excluding hydrogens is 266 g/mol. The molecule has 0 N–H and O–H groups in total. The summed E-state index contributed by atoms with van der Waals surface area (Å²) < 4.78 is 25.1. The van der Waals surface area contributed by atoms with Gasteiger partial charge in [-0.15, -0.1) is 0 Å². The predicted octanol–water partition coefficient (Wildman–Crippen LogP) is 1.71. The second kappa shape index (κ2) is 6.98. The molecule has 4 nitrogen and oxygen atoms in total. The van der Waals surface area contributed by atoms with Crippen LogP contribution in [0.2, 0.25) is 0 Å². The molecule has 0 heterocycles. The second-order valence-corrected chi connectivity index (χ2v) is 4.76. The van der Waals surface area contributed by atoms with Crippen LogP contribution in [0.25, 0.3) is 0 Å². The molecule has 1 aromatic rings. The zero-order chi connectivity index (χ0) is 15.3. The number of nitrogens with zero attached hydrogens (tertiary/aromatic N) is 2. The minimum absolute atomic E-state index is 0.00221. The van der Waals surface area contributed by atoms with Crippen LogP contribution < -0.4 is 0 Å². The van der Waals surface area contributed by atoms with E-state index in [0.717, 1.165) is 0 Å². The van der Waals surface area contributed by atoms with Crippen LogP contribution in [0.4, 0.5) is 8.78 Å². The van der Waals surface area contributed by atoms with E-state index in [2.05, 4.69) is 0 Å². The third-order valence-corrected chi connectivity index (χ3v) is 2.86. The van der Waals surface area contributed by atoms with Crippen molar-refractivity contribution in [2.24, 2.45) is 0 Å². The van der Waals surface area contributed by atoms with Crippen molar-refractivity contribution in [1.82, 2.24) is 9.80 Å². The van der Waals surface area contributed by atoms with Crippen LogP contribution in [0.1, 0.15) is 17.6 Å². The lowest BCUT2D eigenvalue weighted by atomic mass is 10.1. The Hall–Kier alpha value is -1.98. The fraction of sp³-hybridized carbons (Fsp3) is 0.429. The van der Waals surface area contributed by atoms with Crippen molar-refractivity contribution < 1.29 is 18.4 Å². The first-order valence-corrected chi connectivity index (χ1v) is 6.12. The molecule has 0 aliphatic carbocycles. The third kappa shape index (κ3) is 4.60. The van der Waals surface area contributed by atoms with Gasteiger partial charge < -0.3 is 9.80 Å². The maximum atomic E-state index is 12.6. The average molecular weight is 284 g/mol. The molecule has 0 aromatic heterocycles. The SMILES string of the molecule is CN(C)C(=O)CN(C)C(=O)Cc1cccc(C(F)F)c1. The van der Waals surface area contributed by atoms with Crippen molar-refractivity contribution in [3.63, 3.8) is 0 Å². The number of hydrogen-bond donors (Lipinski definition) is 0. The summed E-state index contributed by atoms with van der Waals surface area (Å²) in [5, 5.41) is 0. The normalized spacial score (nSPS) is 10.5. The zero-order valence-corrected chi connectivity index (χ0v) is 11.8. The van der Waals surface area contributed by atoms with Gasteiger partial charge in [0.2, 0.25) is 11.8 Å². The summed E-state index contributed by atoms with van der Waals surface area (Å²) in [5.74, 6) is -0.478. The Kier molecular flexibility index (Phi) is 5.61. The second-order valence-electron chi connectivity index (χ2n) is 4.76. The van der Waals surface area contributed by atoms with Crippen LogP contribution >= 0.6 is 0 Å². The Morgan fingerprint density at radius 1 is 1.15 bits per heavy atom. The van der Waals surface area contributed by atoms with Crippen LogP contribution in [0.5, 0.6) is 0 Å². The molecule has 0 spiro atoms. The van der Waals surface area contributed by atoms with Crippen LogP contribution in [-0.4, -0.2) is 49.3 Å². The number of likely N-dealkylation sites (N-methyl/N-ethyl adjacent to an activating group) is 2. The van der Waals surface area contributed by atoms with Gasteiger partial charge in [-0.25, -0.2) is 8.78 Å². The van der Waals surface area contributed by atoms with Crippen LogP contribution in [0.3, 0.4) is 0 Å². The van der Waals surface area contributed by atoms with Gasteiger partial charge in [0, 0.05) is 26.7 Å². The molecule has 0 fully saturated rings. The molecule has 0 unspecified atom stereocenters. The number of alkyl halides is 2. The van der Waals surface area contributed by atoms with E-state index in [1.807, 2.05) is 0 Å². The lowest BCUT2D eigenvalue weighted by molar-refractivity contribution is -0.137. The van der Waals surface area contributed by atoms with Crippen LogP contribution in [0, 0.1) is 0 Å². The Labute approximate surface area is 117 Å². The third-order valence-electron chi connectivity index (χ3n) is 2.86. The first-order valence-electron chi connectivity index (χ1n) is 6.12. The van der Waals surface area contributed by atoms with E-state index < -0.39 is 6.43 Å². The van der Waals surface area contributed by atoms with Gasteiger partial charge >= 0.3 is 0 Å². The van der Waals surface area contributed by atoms with Gasteiger partial charge in [0.1, 0.15) is 0 Å². The van der Waals surface area contributed by atoms with E-state index in [1.165, 1.54) is 35.0 Å². The summed E-state index contributed by atoms with van der Waals surface area (Å²) in [4.78, 5) is 26.1. The highest BCUT2D eigenvalue weighted by molar-refractivity contribution is 5.85. The summed E-state index contributed by atoms with van der Waals surface area (Å²) >= 11 is 0. The first kappa shape index (κ1) is 16.1. The summed E-state index contributed by atoms with van der Waals surface area (Å²) in [5.41, 5.74) is 0.402. The van der Waals surface area contributed by atoms with Gasteiger partial charge in [0.15, 0.2) is 0 Å². The zero-order valence-electron chi connectivity index (χ0n) is 11.8. The minimum atomic E-state index is -2.56. The Balaban J connectivity index is 2.66. The highest BCUT2D eigenvalue weighted by Crippen LogP contribution is 2.19. The maximum Gasteiger partial charge on any atom is 0.263 e. The molecule has 1 rings (SSSR count). The number of carbonyl (C=O) groups excluding carboxylic acids is 2. The van der Waals surface area contributed by atoms with Crippen LogP contribution in [0.15, 0.2) is 24.3 Å². The summed E-state index contributed by atoms with van der Waals surface area (Å²) in [7, 11) is 4.72. The lowest BCUT2D eigenvalue weighted by Gasteiger charge is -2.19.